The van der Waals surface area contributed by atoms with Crippen LogP contribution in [0.2, 0.25) is 5.02 Å². The van der Waals surface area contributed by atoms with Crippen LogP contribution >= 0.6 is 11.6 Å². The average Bonchev–Trinajstić information content (AvgIpc) is 2.28. The number of halogens is 1. The highest BCUT2D eigenvalue weighted by Crippen LogP contribution is 2.22. The van der Waals surface area contributed by atoms with Gasteiger partial charge in [0.05, 0.1) is 6.61 Å². The van der Waals surface area contributed by atoms with Crippen molar-refractivity contribution in [3.63, 3.8) is 0 Å². The summed E-state index contributed by atoms with van der Waals surface area (Å²) in [5.74, 6) is 0.985. The first-order chi connectivity index (χ1) is 7.63. The summed E-state index contributed by atoms with van der Waals surface area (Å²) >= 11 is 5.85. The van der Waals surface area contributed by atoms with Crippen LogP contribution in [0.4, 0.5) is 0 Å². The normalized spacial score (nSPS) is 11.5. The number of hydrogen-bond donors (Lipinski definition) is 2. The van der Waals surface area contributed by atoms with E-state index in [0.717, 1.165) is 11.3 Å². The molecule has 1 aromatic carbocycles. The second-order valence-corrected chi connectivity index (χ2v) is 3.89. The van der Waals surface area contributed by atoms with Crippen molar-refractivity contribution in [2.24, 2.45) is 10.9 Å². The summed E-state index contributed by atoms with van der Waals surface area (Å²) in [6.07, 6.45) is 1.21. The highest BCUT2D eigenvalue weighted by atomic mass is 35.5. The van der Waals surface area contributed by atoms with E-state index in [0.29, 0.717) is 24.5 Å². The molecule has 0 saturated heterocycles. The molecule has 0 heterocycles. The van der Waals surface area contributed by atoms with Crippen molar-refractivity contribution in [2.75, 3.05) is 6.61 Å². The van der Waals surface area contributed by atoms with Crippen LogP contribution in [0.1, 0.15) is 18.4 Å². The van der Waals surface area contributed by atoms with Crippen molar-refractivity contribution < 1.29 is 9.94 Å². The lowest BCUT2D eigenvalue weighted by Gasteiger charge is -2.08. The zero-order valence-electron chi connectivity index (χ0n) is 9.11. The predicted octanol–water partition coefficient (Wildman–Crippen LogP) is 2.55. The van der Waals surface area contributed by atoms with Gasteiger partial charge in [-0.1, -0.05) is 22.8 Å². The summed E-state index contributed by atoms with van der Waals surface area (Å²) in [4.78, 5) is 0. The Morgan fingerprint density at radius 1 is 1.56 bits per heavy atom. The molecule has 16 heavy (non-hydrogen) atoms. The number of amidine groups is 1. The van der Waals surface area contributed by atoms with Gasteiger partial charge in [-0.05, 0) is 31.0 Å². The molecule has 3 N–H and O–H groups in total. The Bertz CT molecular complexity index is 380. The minimum absolute atomic E-state index is 0.214. The van der Waals surface area contributed by atoms with Gasteiger partial charge in [0.2, 0.25) is 0 Å². The van der Waals surface area contributed by atoms with Gasteiger partial charge in [0, 0.05) is 11.4 Å². The van der Waals surface area contributed by atoms with E-state index >= 15 is 0 Å². The molecule has 0 unspecified atom stereocenters. The van der Waals surface area contributed by atoms with E-state index in [1.807, 2.05) is 19.1 Å². The first kappa shape index (κ1) is 12.6. The molecule has 5 heteroatoms. The second-order valence-electron chi connectivity index (χ2n) is 3.45. The third-order valence-electron chi connectivity index (χ3n) is 2.11. The lowest BCUT2D eigenvalue weighted by atomic mass is 10.2. The van der Waals surface area contributed by atoms with Crippen LogP contribution in [0.25, 0.3) is 0 Å². The number of oxime groups is 1. The van der Waals surface area contributed by atoms with E-state index in [4.69, 9.17) is 27.3 Å². The first-order valence-electron chi connectivity index (χ1n) is 4.99. The molecule has 0 radical (unpaired) electrons. The van der Waals surface area contributed by atoms with E-state index in [2.05, 4.69) is 5.16 Å². The molecular weight excluding hydrogens is 228 g/mol. The molecule has 0 atom stereocenters. The van der Waals surface area contributed by atoms with Gasteiger partial charge in [-0.3, -0.25) is 0 Å². The zero-order chi connectivity index (χ0) is 12.0. The predicted molar refractivity (Wildman–Crippen MR) is 64.3 cm³/mol. The van der Waals surface area contributed by atoms with Crippen molar-refractivity contribution >= 4 is 17.4 Å². The Kier molecular flexibility index (Phi) is 4.92. The Labute approximate surface area is 99.7 Å². The Morgan fingerprint density at radius 3 is 3.00 bits per heavy atom. The number of aryl methyl sites for hydroxylation is 1. The topological polar surface area (TPSA) is 67.8 Å². The molecule has 0 spiro atoms. The number of nitrogens with two attached hydrogens (primary N) is 1. The fourth-order valence-electron chi connectivity index (χ4n) is 1.21. The van der Waals surface area contributed by atoms with Gasteiger partial charge < -0.3 is 15.7 Å². The van der Waals surface area contributed by atoms with Gasteiger partial charge in [0.25, 0.3) is 0 Å². The van der Waals surface area contributed by atoms with Crippen molar-refractivity contribution in [1.82, 2.24) is 0 Å². The number of rotatable bonds is 5. The molecule has 0 amide bonds. The van der Waals surface area contributed by atoms with Crippen LogP contribution in [0.5, 0.6) is 5.75 Å². The third kappa shape index (κ3) is 3.98. The molecule has 0 aliphatic rings. The summed E-state index contributed by atoms with van der Waals surface area (Å²) < 4.78 is 5.54. The summed E-state index contributed by atoms with van der Waals surface area (Å²) in [5.41, 5.74) is 6.37. The van der Waals surface area contributed by atoms with Crippen LogP contribution in [0.3, 0.4) is 0 Å². The molecule has 1 rings (SSSR count). The van der Waals surface area contributed by atoms with E-state index in [9.17, 15) is 0 Å². The highest BCUT2D eigenvalue weighted by molar-refractivity contribution is 6.30. The monoisotopic (exact) mass is 242 g/mol. The molecule has 0 saturated carbocycles. The molecule has 0 aliphatic heterocycles. The van der Waals surface area contributed by atoms with Crippen LogP contribution in [-0.2, 0) is 0 Å². The lowest BCUT2D eigenvalue weighted by molar-refractivity contribution is 0.304. The van der Waals surface area contributed by atoms with E-state index in [-0.39, 0.29) is 5.84 Å². The molecule has 1 aromatic rings. The summed E-state index contributed by atoms with van der Waals surface area (Å²) in [6, 6.07) is 5.50. The maximum Gasteiger partial charge on any atom is 0.139 e. The van der Waals surface area contributed by atoms with Gasteiger partial charge in [-0.25, -0.2) is 0 Å². The van der Waals surface area contributed by atoms with Gasteiger partial charge in [-0.2, -0.15) is 0 Å². The van der Waals surface area contributed by atoms with Crippen molar-refractivity contribution in [1.29, 1.82) is 0 Å². The minimum atomic E-state index is 0.214. The Morgan fingerprint density at radius 2 is 2.31 bits per heavy atom. The average molecular weight is 243 g/mol. The fourth-order valence-corrected chi connectivity index (χ4v) is 1.38. The maximum absolute atomic E-state index is 8.34. The largest absolute Gasteiger partial charge is 0.493 e. The van der Waals surface area contributed by atoms with E-state index < -0.39 is 0 Å². The quantitative estimate of drug-likeness (QED) is 0.274. The molecule has 0 aromatic heterocycles. The lowest BCUT2D eigenvalue weighted by Crippen LogP contribution is -2.12. The van der Waals surface area contributed by atoms with Crippen molar-refractivity contribution in [3.8, 4) is 5.75 Å². The van der Waals surface area contributed by atoms with Crippen LogP contribution in [-0.4, -0.2) is 17.6 Å². The summed E-state index contributed by atoms with van der Waals surface area (Å²) in [5, 5.41) is 11.9. The molecule has 0 aliphatic carbocycles. The van der Waals surface area contributed by atoms with Crippen molar-refractivity contribution in [3.05, 3.63) is 28.8 Å². The van der Waals surface area contributed by atoms with E-state index in [1.165, 1.54) is 0 Å². The minimum Gasteiger partial charge on any atom is -0.493 e. The van der Waals surface area contributed by atoms with Gasteiger partial charge in [-0.15, -0.1) is 0 Å². The third-order valence-corrected chi connectivity index (χ3v) is 2.35. The molecule has 0 bridgehead atoms. The Hall–Kier alpha value is -1.42. The van der Waals surface area contributed by atoms with Crippen LogP contribution < -0.4 is 10.5 Å². The summed E-state index contributed by atoms with van der Waals surface area (Å²) in [7, 11) is 0. The van der Waals surface area contributed by atoms with Crippen molar-refractivity contribution in [2.45, 2.75) is 19.8 Å². The summed E-state index contributed by atoms with van der Waals surface area (Å²) in [6.45, 7) is 2.46. The highest BCUT2D eigenvalue weighted by Gasteiger charge is 2.01. The number of benzene rings is 1. The Balaban J connectivity index is 2.40. The van der Waals surface area contributed by atoms with Gasteiger partial charge >= 0.3 is 0 Å². The molecule has 4 nitrogen and oxygen atoms in total. The fraction of sp³-hybridized carbons (Fsp3) is 0.364. The van der Waals surface area contributed by atoms with E-state index in [1.54, 1.807) is 6.07 Å². The molecular formula is C11H15ClN2O2. The van der Waals surface area contributed by atoms with Gasteiger partial charge in [0.1, 0.15) is 11.6 Å². The zero-order valence-corrected chi connectivity index (χ0v) is 9.87. The maximum atomic E-state index is 8.34. The standard InChI is InChI=1S/C11H15ClN2O2/c1-8-4-5-9(12)7-10(8)16-6-2-3-11(13)14-15/h4-5,7,15H,2-3,6H2,1H3,(H2,13,14). The molecule has 0 fully saturated rings. The second kappa shape index (κ2) is 6.23. The van der Waals surface area contributed by atoms with Crippen LogP contribution in [0.15, 0.2) is 23.4 Å². The number of nitrogens with zero attached hydrogens (tertiary/aromatic N) is 1. The smallest absolute Gasteiger partial charge is 0.139 e. The number of hydrogen-bond acceptors (Lipinski definition) is 3. The van der Waals surface area contributed by atoms with Crippen LogP contribution in [0, 0.1) is 6.92 Å². The first-order valence-corrected chi connectivity index (χ1v) is 5.36. The molecule has 88 valence electrons. The van der Waals surface area contributed by atoms with Gasteiger partial charge in [0.15, 0.2) is 0 Å². The number of ether oxygens (including phenoxy) is 1. The SMILES string of the molecule is Cc1ccc(Cl)cc1OCCCC(N)=NO.